The maximum absolute atomic E-state index is 12.3. The molecule has 2 saturated heterocycles. The third-order valence-electron chi connectivity index (χ3n) is 5.17. The van der Waals surface area contributed by atoms with Gasteiger partial charge in [0, 0.05) is 32.1 Å². The Hall–Kier alpha value is -1.79. The van der Waals surface area contributed by atoms with Crippen molar-refractivity contribution in [2.45, 2.75) is 44.6 Å². The van der Waals surface area contributed by atoms with Crippen LogP contribution in [0.1, 0.15) is 38.5 Å². The van der Waals surface area contributed by atoms with E-state index in [0.717, 1.165) is 38.8 Å². The summed E-state index contributed by atoms with van der Waals surface area (Å²) >= 11 is 0. The van der Waals surface area contributed by atoms with Crippen molar-refractivity contribution in [3.63, 3.8) is 0 Å². The fourth-order valence-electron chi connectivity index (χ4n) is 3.52. The van der Waals surface area contributed by atoms with Crippen LogP contribution in [0.25, 0.3) is 0 Å². The van der Waals surface area contributed by atoms with Crippen LogP contribution >= 0.6 is 0 Å². The van der Waals surface area contributed by atoms with E-state index in [-0.39, 0.29) is 23.8 Å². The second-order valence-electron chi connectivity index (χ2n) is 6.90. The maximum atomic E-state index is 12.3. The lowest BCUT2D eigenvalue weighted by Gasteiger charge is -2.34. The summed E-state index contributed by atoms with van der Waals surface area (Å²) in [6, 6.07) is -0.658. The van der Waals surface area contributed by atoms with Crippen molar-refractivity contribution in [2.75, 3.05) is 26.2 Å². The number of carbonyl (C=O) groups excluding carboxylic acids is 2. The molecule has 3 aliphatic rings. The van der Waals surface area contributed by atoms with E-state index < -0.39 is 12.0 Å². The van der Waals surface area contributed by atoms with E-state index in [4.69, 9.17) is 0 Å². The van der Waals surface area contributed by atoms with E-state index in [1.165, 1.54) is 0 Å². The summed E-state index contributed by atoms with van der Waals surface area (Å²) in [5, 5.41) is 11.9. The van der Waals surface area contributed by atoms with E-state index in [2.05, 4.69) is 5.32 Å². The summed E-state index contributed by atoms with van der Waals surface area (Å²) in [7, 11) is 0. The zero-order valence-electron chi connectivity index (χ0n) is 13.4. The highest BCUT2D eigenvalue weighted by Gasteiger charge is 2.39. The monoisotopic (exact) mass is 323 g/mol. The van der Waals surface area contributed by atoms with Crippen molar-refractivity contribution in [3.05, 3.63) is 0 Å². The van der Waals surface area contributed by atoms with Crippen LogP contribution in [-0.2, 0) is 9.59 Å². The first-order valence-electron chi connectivity index (χ1n) is 8.63. The molecule has 1 unspecified atom stereocenters. The molecule has 2 heterocycles. The number of carboxylic acids is 1. The fraction of sp³-hybridized carbons (Fsp3) is 0.812. The summed E-state index contributed by atoms with van der Waals surface area (Å²) in [5.74, 6) is -1.20. The Morgan fingerprint density at radius 1 is 0.913 bits per heavy atom. The minimum absolute atomic E-state index is 0.0859. The summed E-state index contributed by atoms with van der Waals surface area (Å²) in [6.07, 6.45) is 5.12. The van der Waals surface area contributed by atoms with Crippen LogP contribution in [0.4, 0.5) is 4.79 Å². The Labute approximate surface area is 136 Å². The van der Waals surface area contributed by atoms with Crippen LogP contribution in [0.3, 0.4) is 0 Å². The molecule has 0 radical (unpaired) electrons. The Kier molecular flexibility index (Phi) is 4.73. The normalized spacial score (nSPS) is 23.7. The lowest BCUT2D eigenvalue weighted by molar-refractivity contribution is -0.143. The van der Waals surface area contributed by atoms with Crippen LogP contribution in [0.5, 0.6) is 0 Å². The summed E-state index contributed by atoms with van der Waals surface area (Å²) < 4.78 is 0. The average Bonchev–Trinajstić information content (AvgIpc) is 3.24. The fourth-order valence-corrected chi connectivity index (χ4v) is 3.52. The van der Waals surface area contributed by atoms with Crippen LogP contribution in [0, 0.1) is 11.8 Å². The highest BCUT2D eigenvalue weighted by molar-refractivity contribution is 5.85. The van der Waals surface area contributed by atoms with Gasteiger partial charge in [0.2, 0.25) is 5.91 Å². The summed E-state index contributed by atoms with van der Waals surface area (Å²) in [5.41, 5.74) is 0. The molecule has 1 atom stereocenters. The summed E-state index contributed by atoms with van der Waals surface area (Å²) in [6.45, 7) is 2.82. The highest BCUT2D eigenvalue weighted by Crippen LogP contribution is 2.33. The van der Waals surface area contributed by atoms with Crippen LogP contribution < -0.4 is 5.32 Å². The van der Waals surface area contributed by atoms with Gasteiger partial charge in [-0.2, -0.15) is 0 Å². The number of rotatable bonds is 4. The van der Waals surface area contributed by atoms with Crippen molar-refractivity contribution >= 4 is 17.9 Å². The SMILES string of the molecule is O=C(NC(C(=O)O)C1CC1)C1CCN(C(=O)N2CCCC2)CC1. The number of hydrogen-bond acceptors (Lipinski definition) is 3. The quantitative estimate of drug-likeness (QED) is 0.804. The number of carboxylic acid groups (broad SMARTS) is 1. The number of piperidine rings is 1. The highest BCUT2D eigenvalue weighted by atomic mass is 16.4. The van der Waals surface area contributed by atoms with Gasteiger partial charge >= 0.3 is 12.0 Å². The van der Waals surface area contributed by atoms with E-state index >= 15 is 0 Å². The molecule has 3 rings (SSSR count). The molecule has 7 nitrogen and oxygen atoms in total. The van der Waals surface area contributed by atoms with Gasteiger partial charge in [-0.1, -0.05) is 0 Å². The van der Waals surface area contributed by atoms with Gasteiger partial charge in [0.05, 0.1) is 0 Å². The molecule has 0 bridgehead atoms. The topological polar surface area (TPSA) is 90.0 Å². The Morgan fingerprint density at radius 3 is 2.00 bits per heavy atom. The zero-order chi connectivity index (χ0) is 16.4. The van der Waals surface area contributed by atoms with Crippen molar-refractivity contribution < 1.29 is 19.5 Å². The Bertz CT molecular complexity index is 478. The molecule has 23 heavy (non-hydrogen) atoms. The average molecular weight is 323 g/mol. The molecule has 2 N–H and O–H groups in total. The van der Waals surface area contributed by atoms with Crippen LogP contribution in [0.15, 0.2) is 0 Å². The molecule has 0 aromatic rings. The number of nitrogens with zero attached hydrogens (tertiary/aromatic N) is 2. The third-order valence-corrected chi connectivity index (χ3v) is 5.17. The molecule has 0 aromatic heterocycles. The van der Waals surface area contributed by atoms with Gasteiger partial charge in [0.25, 0.3) is 0 Å². The molecule has 0 spiro atoms. The number of hydrogen-bond donors (Lipinski definition) is 2. The standard InChI is InChI=1S/C16H25N3O4/c20-14(17-13(15(21)22)11-3-4-11)12-5-9-19(10-6-12)16(23)18-7-1-2-8-18/h11-13H,1-10H2,(H,17,20)(H,21,22). The minimum Gasteiger partial charge on any atom is -0.480 e. The molecule has 2 aliphatic heterocycles. The Balaban J connectivity index is 1.47. The molecule has 3 amide bonds. The number of likely N-dealkylation sites (tertiary alicyclic amines) is 2. The zero-order valence-corrected chi connectivity index (χ0v) is 13.4. The Morgan fingerprint density at radius 2 is 1.48 bits per heavy atom. The van der Waals surface area contributed by atoms with Gasteiger partial charge < -0.3 is 20.2 Å². The van der Waals surface area contributed by atoms with Gasteiger partial charge in [-0.3, -0.25) is 4.79 Å². The lowest BCUT2D eigenvalue weighted by Crippen LogP contribution is -2.50. The second kappa shape index (κ2) is 6.76. The first-order valence-corrected chi connectivity index (χ1v) is 8.63. The van der Waals surface area contributed by atoms with Crippen molar-refractivity contribution in [1.82, 2.24) is 15.1 Å². The molecule has 7 heteroatoms. The maximum Gasteiger partial charge on any atom is 0.326 e. The number of nitrogens with one attached hydrogen (secondary N) is 1. The number of urea groups is 1. The smallest absolute Gasteiger partial charge is 0.326 e. The van der Waals surface area contributed by atoms with Gasteiger partial charge in [-0.15, -0.1) is 0 Å². The van der Waals surface area contributed by atoms with Gasteiger partial charge in [-0.05, 0) is 44.4 Å². The van der Waals surface area contributed by atoms with Gasteiger partial charge in [0.15, 0.2) is 0 Å². The first-order chi connectivity index (χ1) is 11.1. The van der Waals surface area contributed by atoms with Gasteiger partial charge in [-0.25, -0.2) is 9.59 Å². The van der Waals surface area contributed by atoms with Crippen molar-refractivity contribution in [3.8, 4) is 0 Å². The number of amides is 3. The van der Waals surface area contributed by atoms with Crippen molar-refractivity contribution in [1.29, 1.82) is 0 Å². The van der Waals surface area contributed by atoms with E-state index in [0.29, 0.717) is 25.9 Å². The lowest BCUT2D eigenvalue weighted by atomic mass is 9.95. The molecule has 1 aliphatic carbocycles. The van der Waals surface area contributed by atoms with E-state index in [9.17, 15) is 19.5 Å². The van der Waals surface area contributed by atoms with Crippen LogP contribution in [0.2, 0.25) is 0 Å². The molecule has 0 aromatic carbocycles. The minimum atomic E-state index is -0.942. The second-order valence-corrected chi connectivity index (χ2v) is 6.90. The summed E-state index contributed by atoms with van der Waals surface area (Å²) in [4.78, 5) is 39.5. The molecule has 1 saturated carbocycles. The first kappa shape index (κ1) is 16.1. The van der Waals surface area contributed by atoms with Crippen molar-refractivity contribution in [2.24, 2.45) is 11.8 Å². The largest absolute Gasteiger partial charge is 0.480 e. The van der Waals surface area contributed by atoms with Gasteiger partial charge in [0.1, 0.15) is 6.04 Å². The molecule has 128 valence electrons. The predicted octanol–water partition coefficient (Wildman–Crippen LogP) is 0.894. The molecular formula is C16H25N3O4. The van der Waals surface area contributed by atoms with E-state index in [1.54, 1.807) is 0 Å². The molecular weight excluding hydrogens is 298 g/mol. The predicted molar refractivity (Wildman–Crippen MR) is 82.8 cm³/mol. The van der Waals surface area contributed by atoms with E-state index in [1.807, 2.05) is 9.80 Å². The number of carbonyl (C=O) groups is 3. The number of aliphatic carboxylic acids is 1. The molecule has 3 fully saturated rings. The third kappa shape index (κ3) is 3.76. The van der Waals surface area contributed by atoms with Crippen LogP contribution in [-0.4, -0.2) is 65.0 Å².